The van der Waals surface area contributed by atoms with Gasteiger partial charge in [-0.15, -0.1) is 0 Å². The molecule has 0 spiro atoms. The summed E-state index contributed by atoms with van der Waals surface area (Å²) in [5, 5.41) is 0.197. The number of hydrogen-bond acceptors (Lipinski definition) is 4. The zero-order valence-electron chi connectivity index (χ0n) is 19.6. The van der Waals surface area contributed by atoms with Crippen molar-refractivity contribution in [2.45, 2.75) is 35.5 Å². The third-order valence-electron chi connectivity index (χ3n) is 6.71. The quantitative estimate of drug-likeness (QED) is 0.423. The van der Waals surface area contributed by atoms with Crippen molar-refractivity contribution in [1.29, 1.82) is 0 Å². The number of hydrogen-bond donors (Lipinski definition) is 0. The first-order valence-electron chi connectivity index (χ1n) is 11.0. The van der Waals surface area contributed by atoms with Crippen LogP contribution in [0.25, 0.3) is 0 Å². The molecule has 4 rings (SSSR count). The van der Waals surface area contributed by atoms with Crippen LogP contribution in [0.2, 0.25) is 16.7 Å². The lowest BCUT2D eigenvalue weighted by Gasteiger charge is -2.51. The predicted molar refractivity (Wildman–Crippen MR) is 138 cm³/mol. The van der Waals surface area contributed by atoms with E-state index in [0.717, 1.165) is 17.0 Å². The minimum Gasteiger partial charge on any atom is -0.393 e. The van der Waals surface area contributed by atoms with Crippen LogP contribution in [0.1, 0.15) is 33.0 Å². The van der Waals surface area contributed by atoms with E-state index in [2.05, 4.69) is 0 Å². The number of piperidine rings is 1. The van der Waals surface area contributed by atoms with E-state index in [-0.39, 0.29) is 37.9 Å². The summed E-state index contributed by atoms with van der Waals surface area (Å²) in [7, 11) is 35.3. The van der Waals surface area contributed by atoms with Gasteiger partial charge in [0.2, 0.25) is 27.8 Å². The second-order valence-electron chi connectivity index (χ2n) is 8.94. The largest absolute Gasteiger partial charge is 0.393 e. The standard InChI is InChI=1S/C22H12B6ClF2N3O4/c23-14-15(24)21(26,19(37)34(28)18(14)36)32-8-10-7-9(1-6-13(10)17(32)35)16(25)33(27)20(38)22(30,31)11-2-4-12(29)5-3-11/h1-7,14-16H,8H2. The van der Waals surface area contributed by atoms with Gasteiger partial charge in [0.1, 0.15) is 15.7 Å². The number of imide groups is 1. The van der Waals surface area contributed by atoms with Crippen LogP contribution in [0.3, 0.4) is 0 Å². The van der Waals surface area contributed by atoms with E-state index >= 15 is 0 Å². The van der Waals surface area contributed by atoms with Gasteiger partial charge in [-0.1, -0.05) is 41.7 Å². The van der Waals surface area contributed by atoms with E-state index in [0.29, 0.717) is 0 Å². The molecule has 4 atom stereocenters. The Hall–Kier alpha value is -2.94. The minimum atomic E-state index is -4.02. The molecule has 0 bridgehead atoms. The van der Waals surface area contributed by atoms with Gasteiger partial charge in [-0.2, -0.15) is 8.78 Å². The van der Waals surface area contributed by atoms with Crippen LogP contribution in [0, 0.1) is 0 Å². The summed E-state index contributed by atoms with van der Waals surface area (Å²) in [6.45, 7) is -0.293. The lowest BCUT2D eigenvalue weighted by Crippen LogP contribution is -2.68. The van der Waals surface area contributed by atoms with Crippen LogP contribution in [0.15, 0.2) is 42.5 Å². The maximum Gasteiger partial charge on any atom is 0.348 e. The second-order valence-corrected chi connectivity index (χ2v) is 9.37. The molecule has 2 aliphatic heterocycles. The van der Waals surface area contributed by atoms with E-state index < -0.39 is 58.1 Å². The van der Waals surface area contributed by atoms with Gasteiger partial charge < -0.3 is 14.5 Å². The van der Waals surface area contributed by atoms with E-state index in [1.807, 2.05) is 0 Å². The third-order valence-corrected chi connectivity index (χ3v) is 6.96. The molecule has 4 amide bonds. The van der Waals surface area contributed by atoms with Crippen molar-refractivity contribution in [3.05, 3.63) is 69.7 Å². The number of rotatable bonds is 5. The maximum atomic E-state index is 14.8. The fourth-order valence-corrected chi connectivity index (χ4v) is 4.50. The lowest BCUT2D eigenvalue weighted by molar-refractivity contribution is -0.154. The van der Waals surface area contributed by atoms with Gasteiger partial charge in [-0.05, 0) is 35.1 Å². The number of alkyl halides is 2. The van der Waals surface area contributed by atoms with Gasteiger partial charge in [-0.25, -0.2) is 0 Å². The molecule has 2 aromatic rings. The van der Waals surface area contributed by atoms with Gasteiger partial charge in [0, 0.05) is 28.6 Å². The Balaban J connectivity index is 1.60. The topological polar surface area (TPSA) is 78.0 Å². The average Bonchev–Trinajstić information content (AvgIpc) is 3.24. The Morgan fingerprint density at radius 1 is 1.13 bits per heavy atom. The van der Waals surface area contributed by atoms with Crippen molar-refractivity contribution < 1.29 is 28.0 Å². The highest BCUT2D eigenvalue weighted by Crippen LogP contribution is 2.43. The summed E-state index contributed by atoms with van der Waals surface area (Å²) in [5.41, 5.74) is -2.46. The molecule has 12 radical (unpaired) electrons. The van der Waals surface area contributed by atoms with Crippen LogP contribution < -0.4 is 0 Å². The molecule has 0 aliphatic carbocycles. The summed E-state index contributed by atoms with van der Waals surface area (Å²) >= 11 is 5.72. The van der Waals surface area contributed by atoms with Crippen molar-refractivity contribution in [2.75, 3.05) is 0 Å². The van der Waals surface area contributed by atoms with Crippen LogP contribution >= 0.6 is 11.6 Å². The Morgan fingerprint density at radius 2 is 1.74 bits per heavy atom. The normalized spacial score (nSPS) is 24.3. The first kappa shape index (κ1) is 28.1. The number of nitrogens with zero attached hydrogens (tertiary/aromatic N) is 3. The number of halogens is 3. The van der Waals surface area contributed by atoms with E-state index in [1.54, 1.807) is 0 Å². The molecule has 0 N–H and O–H groups in total. The molecule has 16 heteroatoms. The summed E-state index contributed by atoms with van der Waals surface area (Å²) in [4.78, 5) is 51.9. The molecule has 38 heavy (non-hydrogen) atoms. The number of carbonyl (C=O) groups is 4. The first-order chi connectivity index (χ1) is 17.6. The zero-order valence-corrected chi connectivity index (χ0v) is 20.3. The highest BCUT2D eigenvalue weighted by Gasteiger charge is 2.55. The number of benzene rings is 2. The van der Waals surface area contributed by atoms with Crippen molar-refractivity contribution in [2.24, 2.45) is 0 Å². The highest BCUT2D eigenvalue weighted by atomic mass is 35.5. The molecule has 7 nitrogen and oxygen atoms in total. The Labute approximate surface area is 230 Å². The summed E-state index contributed by atoms with van der Waals surface area (Å²) in [6, 6.07) is 8.31. The predicted octanol–water partition coefficient (Wildman–Crippen LogP) is 0.398. The second kappa shape index (κ2) is 9.67. The molecule has 1 saturated heterocycles. The fourth-order valence-electron chi connectivity index (χ4n) is 4.37. The van der Waals surface area contributed by atoms with Gasteiger partial charge in [0.15, 0.2) is 0 Å². The summed E-state index contributed by atoms with van der Waals surface area (Å²) in [6.07, 6.45) is 0. The molecule has 0 saturated carbocycles. The maximum absolute atomic E-state index is 14.8. The third kappa shape index (κ3) is 4.19. The van der Waals surface area contributed by atoms with Crippen LogP contribution in [0.5, 0.6) is 0 Å². The van der Waals surface area contributed by atoms with Gasteiger partial charge in [-0.3, -0.25) is 19.2 Å². The van der Waals surface area contributed by atoms with E-state index in [9.17, 15) is 28.0 Å². The van der Waals surface area contributed by atoms with E-state index in [1.165, 1.54) is 30.3 Å². The van der Waals surface area contributed by atoms with Crippen molar-refractivity contribution in [3.8, 4) is 0 Å². The van der Waals surface area contributed by atoms with Crippen LogP contribution in [-0.2, 0) is 26.9 Å². The molecule has 2 aliphatic rings. The molecule has 2 heterocycles. The number of amides is 4. The van der Waals surface area contributed by atoms with Crippen molar-refractivity contribution in [3.63, 3.8) is 0 Å². The molecular formula is C22H12B6ClF2N3O4. The number of carbonyl (C=O) groups excluding carboxylic acids is 4. The molecule has 2 aromatic carbocycles. The minimum absolute atomic E-state index is 0.0845. The highest BCUT2D eigenvalue weighted by molar-refractivity contribution is 6.47. The Kier molecular flexibility index (Phi) is 7.14. The summed E-state index contributed by atoms with van der Waals surface area (Å²) in [5.74, 6) is -13.2. The van der Waals surface area contributed by atoms with E-state index in [4.69, 9.17) is 58.9 Å². The first-order valence-corrected chi connectivity index (χ1v) is 11.4. The Bertz CT molecular complexity index is 1350. The van der Waals surface area contributed by atoms with Crippen LogP contribution in [0.4, 0.5) is 8.78 Å². The van der Waals surface area contributed by atoms with Gasteiger partial charge in [0.25, 0.3) is 11.8 Å². The SMILES string of the molecule is [B]C1C(=O)N([B])C(=O)C([B])(N2Cc3cc(C([B])N([B])C(=O)C(F)(F)c4ccc(Cl)cc4)ccc3C2=O)C1[B]. The monoisotopic (exact) mass is 521 g/mol. The molecular weight excluding hydrogens is 509 g/mol. The molecule has 1 fully saturated rings. The molecule has 0 aromatic heterocycles. The zero-order chi connectivity index (χ0) is 28.3. The lowest BCUT2D eigenvalue weighted by atomic mass is 9.48. The molecule has 4 unspecified atom stereocenters. The van der Waals surface area contributed by atoms with Crippen molar-refractivity contribution in [1.82, 2.24) is 14.5 Å². The van der Waals surface area contributed by atoms with Gasteiger partial charge >= 0.3 is 5.92 Å². The van der Waals surface area contributed by atoms with Crippen LogP contribution in [-0.4, -0.2) is 90.9 Å². The Morgan fingerprint density at radius 3 is 2.34 bits per heavy atom. The van der Waals surface area contributed by atoms with Gasteiger partial charge in [0.05, 0.1) is 21.1 Å². The fraction of sp³-hybridized carbons (Fsp3) is 0.273. The average molecular weight is 521 g/mol. The summed E-state index contributed by atoms with van der Waals surface area (Å²) < 4.78 is 29.6. The number of fused-ring (bicyclic) bond motifs is 1. The smallest absolute Gasteiger partial charge is 0.348 e. The van der Waals surface area contributed by atoms with Crippen molar-refractivity contribution >= 4 is 82.6 Å². The molecule has 178 valence electrons.